The van der Waals surface area contributed by atoms with Crippen molar-refractivity contribution in [3.8, 4) is 0 Å². The second-order valence-corrected chi connectivity index (χ2v) is 11.7. The molecule has 0 saturated carbocycles. The maximum atomic E-state index is 12.9. The topological polar surface area (TPSA) is 267 Å². The molecule has 5 rings (SSSR count). The summed E-state index contributed by atoms with van der Waals surface area (Å²) in [6, 6.07) is 11.4. The number of nitrogens with one attached hydrogen (secondary N) is 4. The molecule has 0 spiro atoms. The van der Waals surface area contributed by atoms with E-state index >= 15 is 0 Å². The fourth-order valence-corrected chi connectivity index (χ4v) is 5.53. The third-order valence-electron chi connectivity index (χ3n) is 8.25. The van der Waals surface area contributed by atoms with E-state index in [0.29, 0.717) is 93.9 Å². The molecule has 0 saturated heterocycles. The first-order chi connectivity index (χ1) is 25.3. The van der Waals surface area contributed by atoms with Crippen molar-refractivity contribution in [2.45, 2.75) is 25.9 Å². The summed E-state index contributed by atoms with van der Waals surface area (Å²) < 4.78 is 21.8. The maximum Gasteiger partial charge on any atom is 0.292 e. The normalized spacial score (nSPS) is 12.8. The van der Waals surface area contributed by atoms with Gasteiger partial charge in [-0.1, -0.05) is 18.2 Å². The molecule has 2 amide bonds. The van der Waals surface area contributed by atoms with Crippen molar-refractivity contribution in [3.63, 3.8) is 0 Å². The number of ether oxygens (including phenoxy) is 3. The number of benzene rings is 2. The van der Waals surface area contributed by atoms with Gasteiger partial charge >= 0.3 is 0 Å². The zero-order valence-corrected chi connectivity index (χ0v) is 28.7. The first kappa shape index (κ1) is 37.3. The molecule has 0 radical (unpaired) electrons. The Bertz CT molecular complexity index is 1930. The van der Waals surface area contributed by atoms with Gasteiger partial charge in [0.2, 0.25) is 5.91 Å². The van der Waals surface area contributed by atoms with E-state index in [2.05, 4.69) is 31.7 Å². The molecule has 1 aliphatic rings. The number of rotatable bonds is 19. The predicted octanol–water partition coefficient (Wildman–Crippen LogP) is 1.74. The summed E-state index contributed by atoms with van der Waals surface area (Å²) in [6.07, 6.45) is 4.34. The lowest BCUT2D eigenvalue weighted by molar-refractivity contribution is -0.133. The van der Waals surface area contributed by atoms with Gasteiger partial charge in [0.25, 0.3) is 11.9 Å². The highest BCUT2D eigenvalue weighted by Gasteiger charge is 2.22. The summed E-state index contributed by atoms with van der Waals surface area (Å²) in [5.74, 6) is 0.223. The average molecular weight is 714 g/mol. The van der Waals surface area contributed by atoms with Crippen LogP contribution in [0.25, 0.3) is 11.1 Å². The van der Waals surface area contributed by atoms with Crippen molar-refractivity contribution >= 4 is 52.5 Å². The Labute approximate surface area is 299 Å². The lowest BCUT2D eigenvalue weighted by Crippen LogP contribution is -2.36. The van der Waals surface area contributed by atoms with Gasteiger partial charge in [-0.2, -0.15) is 4.98 Å². The van der Waals surface area contributed by atoms with Gasteiger partial charge in [0.05, 0.1) is 62.9 Å². The molecular formula is C35H43N11O6. The molecule has 0 bridgehead atoms. The molecule has 0 fully saturated rings. The van der Waals surface area contributed by atoms with Crippen molar-refractivity contribution in [3.05, 3.63) is 82.3 Å². The number of carbonyl (C=O) groups is 2. The fraction of sp³-hybridized carbons (Fsp3) is 0.343. The zero-order valence-electron chi connectivity index (χ0n) is 28.7. The largest absolute Gasteiger partial charge is 0.424 e. The molecule has 17 heteroatoms. The lowest BCUT2D eigenvalue weighted by Gasteiger charge is -2.29. The van der Waals surface area contributed by atoms with E-state index in [4.69, 9.17) is 46.6 Å². The third kappa shape index (κ3) is 9.87. The zero-order chi connectivity index (χ0) is 36.9. The van der Waals surface area contributed by atoms with Crippen LogP contribution in [0, 0.1) is 10.8 Å². The second-order valence-electron chi connectivity index (χ2n) is 11.7. The van der Waals surface area contributed by atoms with Crippen LogP contribution < -0.4 is 27.8 Å². The smallest absolute Gasteiger partial charge is 0.292 e. The van der Waals surface area contributed by atoms with E-state index in [1.165, 1.54) is 11.9 Å². The Morgan fingerprint density at radius 3 is 2.52 bits per heavy atom. The monoisotopic (exact) mass is 713 g/mol. The number of carbonyl (C=O) groups excluding carboxylic acids is 2. The molecule has 2 aromatic heterocycles. The predicted molar refractivity (Wildman–Crippen MR) is 195 cm³/mol. The van der Waals surface area contributed by atoms with E-state index < -0.39 is 5.91 Å². The van der Waals surface area contributed by atoms with E-state index in [1.807, 2.05) is 17.0 Å². The number of nitrogen functional groups attached to an aromatic ring is 2. The molecule has 274 valence electrons. The molecule has 17 nitrogen and oxygen atoms in total. The standard InChI is InChI=1S/C35H43N11O6/c36-17-26(18-37)34(48)41-7-10-50-12-14-51-13-11-49-9-6-29(47)46-8-5-23-15-22(1-2-25(23)20-46)19-42-33-30(32(39)43-21-44-33)31(38)24-3-4-28-27(16-24)45-35(40)52-28/h1-4,15-18,21,36,38H,5-14,19-20,37H2,(H2,40,45)(H,41,48)(H3,39,42,43,44). The average Bonchev–Trinajstić information content (AvgIpc) is 3.53. The first-order valence-electron chi connectivity index (χ1n) is 16.7. The van der Waals surface area contributed by atoms with Gasteiger partial charge in [-0.3, -0.25) is 15.0 Å². The van der Waals surface area contributed by atoms with Gasteiger partial charge in [0.15, 0.2) is 5.58 Å². The third-order valence-corrected chi connectivity index (χ3v) is 8.25. The molecular weight excluding hydrogens is 670 g/mol. The lowest BCUT2D eigenvalue weighted by atomic mass is 9.97. The van der Waals surface area contributed by atoms with E-state index in [-0.39, 0.29) is 35.4 Å². The number of nitrogens with two attached hydrogens (primary N) is 3. The van der Waals surface area contributed by atoms with Crippen LogP contribution in [-0.4, -0.2) is 96.3 Å². The summed E-state index contributed by atoms with van der Waals surface area (Å²) in [5.41, 5.74) is 22.7. The number of oxazole rings is 1. The van der Waals surface area contributed by atoms with Crippen LogP contribution in [0.5, 0.6) is 0 Å². The minimum atomic E-state index is -0.426. The molecule has 3 heterocycles. The summed E-state index contributed by atoms with van der Waals surface area (Å²) in [5, 5.41) is 21.9. The Morgan fingerprint density at radius 2 is 1.75 bits per heavy atom. The van der Waals surface area contributed by atoms with Crippen molar-refractivity contribution < 1.29 is 28.2 Å². The van der Waals surface area contributed by atoms with Crippen LogP contribution in [0.2, 0.25) is 0 Å². The van der Waals surface area contributed by atoms with Crippen molar-refractivity contribution in [2.75, 3.05) is 69.5 Å². The SMILES string of the molecule is N=CC(=CN)C(=O)NCCOCCOCCOCCC(=O)N1CCc2cc(CNc3ncnc(N)c3C(=N)c3ccc4oc(N)nc4c3)ccc2C1. The van der Waals surface area contributed by atoms with Crippen LogP contribution in [-0.2, 0) is 43.3 Å². The van der Waals surface area contributed by atoms with E-state index in [0.717, 1.165) is 30.0 Å². The van der Waals surface area contributed by atoms with Gasteiger partial charge in [-0.15, -0.1) is 0 Å². The van der Waals surface area contributed by atoms with Crippen LogP contribution >= 0.6 is 0 Å². The summed E-state index contributed by atoms with van der Waals surface area (Å²) in [6.45, 7) is 3.96. The van der Waals surface area contributed by atoms with Gasteiger partial charge < -0.3 is 56.8 Å². The Morgan fingerprint density at radius 1 is 0.981 bits per heavy atom. The maximum absolute atomic E-state index is 12.9. The Hall–Kier alpha value is -5.91. The number of amides is 2. The summed E-state index contributed by atoms with van der Waals surface area (Å²) in [7, 11) is 0. The van der Waals surface area contributed by atoms with Crippen LogP contribution in [0.3, 0.4) is 0 Å². The van der Waals surface area contributed by atoms with Gasteiger partial charge in [0, 0.05) is 44.2 Å². The number of hydrogen-bond donors (Lipinski definition) is 7. The minimum absolute atomic E-state index is 0.0370. The number of fused-ring (bicyclic) bond motifs is 2. The number of anilines is 3. The van der Waals surface area contributed by atoms with Gasteiger partial charge in [-0.05, 0) is 41.3 Å². The molecule has 10 N–H and O–H groups in total. The van der Waals surface area contributed by atoms with Crippen LogP contribution in [0.1, 0.15) is 34.2 Å². The molecule has 4 aromatic rings. The Balaban J connectivity index is 0.999. The molecule has 1 aliphatic heterocycles. The number of hydrogen-bond acceptors (Lipinski definition) is 15. The first-order valence-corrected chi connectivity index (χ1v) is 16.7. The quantitative estimate of drug-likeness (QED) is 0.0415. The van der Waals surface area contributed by atoms with Gasteiger partial charge in [0.1, 0.15) is 23.5 Å². The van der Waals surface area contributed by atoms with Crippen LogP contribution in [0.4, 0.5) is 17.7 Å². The van der Waals surface area contributed by atoms with E-state index in [1.54, 1.807) is 18.2 Å². The molecule has 0 unspecified atom stereocenters. The fourth-order valence-electron chi connectivity index (χ4n) is 5.53. The molecule has 52 heavy (non-hydrogen) atoms. The number of aromatic nitrogens is 3. The molecule has 0 aliphatic carbocycles. The van der Waals surface area contributed by atoms with Gasteiger partial charge in [-0.25, -0.2) is 9.97 Å². The highest BCUT2D eigenvalue weighted by atomic mass is 16.5. The minimum Gasteiger partial charge on any atom is -0.424 e. The Kier molecular flexibility index (Phi) is 13.2. The summed E-state index contributed by atoms with van der Waals surface area (Å²) >= 11 is 0. The van der Waals surface area contributed by atoms with Crippen molar-refractivity contribution in [1.82, 2.24) is 25.2 Å². The second kappa shape index (κ2) is 18.4. The van der Waals surface area contributed by atoms with Crippen LogP contribution in [0.15, 0.2) is 58.9 Å². The highest BCUT2D eigenvalue weighted by Crippen LogP contribution is 2.26. The molecule has 2 aromatic carbocycles. The van der Waals surface area contributed by atoms with E-state index in [9.17, 15) is 9.59 Å². The molecule has 0 atom stereocenters. The highest BCUT2D eigenvalue weighted by molar-refractivity contribution is 6.17. The van der Waals surface area contributed by atoms with Crippen molar-refractivity contribution in [1.29, 1.82) is 10.8 Å². The summed E-state index contributed by atoms with van der Waals surface area (Å²) in [4.78, 5) is 39.0. The number of nitrogens with zero attached hydrogens (tertiary/aromatic N) is 4. The van der Waals surface area contributed by atoms with Crippen molar-refractivity contribution in [2.24, 2.45) is 5.73 Å².